The molecule has 0 aromatic heterocycles. The van der Waals surface area contributed by atoms with Gasteiger partial charge in [0.1, 0.15) is 0 Å². The lowest BCUT2D eigenvalue weighted by Gasteiger charge is -2.41. The highest BCUT2D eigenvalue weighted by Gasteiger charge is 2.64. The smallest absolute Gasteiger partial charge is 0.0663 e. The summed E-state index contributed by atoms with van der Waals surface area (Å²) < 4.78 is 0. The van der Waals surface area contributed by atoms with Crippen LogP contribution < -0.4 is 0 Å². The summed E-state index contributed by atoms with van der Waals surface area (Å²) in [6, 6.07) is 0. The van der Waals surface area contributed by atoms with E-state index in [4.69, 9.17) is 0 Å². The fraction of sp³-hybridized carbons (Fsp3) is 0.590. The molecular weight excluding hydrogens is 496 g/mol. The van der Waals surface area contributed by atoms with Crippen LogP contribution in [0, 0.1) is 55.4 Å². The maximum absolute atomic E-state index is 2.89. The van der Waals surface area contributed by atoms with Crippen molar-refractivity contribution in [1.82, 2.24) is 9.80 Å². The summed E-state index contributed by atoms with van der Waals surface area (Å²) in [7, 11) is 0. The molecule has 4 aliphatic rings. The molecule has 0 fully saturated rings. The number of nitrogens with zero attached hydrogens (tertiary/aromatic N) is 2. The molecule has 2 heteroatoms. The average Bonchev–Trinajstić information content (AvgIpc) is 3.39. The van der Waals surface area contributed by atoms with Crippen molar-refractivity contribution in [3.8, 4) is 0 Å². The van der Waals surface area contributed by atoms with Crippen LogP contribution in [-0.4, -0.2) is 22.9 Å². The molecule has 0 spiro atoms. The van der Waals surface area contributed by atoms with Gasteiger partial charge in [-0.2, -0.15) is 0 Å². The Morgan fingerprint density at radius 2 is 0.537 bits per heavy atom. The summed E-state index contributed by atoms with van der Waals surface area (Å²) in [6.45, 7) is 40.8. The second-order valence-corrected chi connectivity index (χ2v) is 14.9. The van der Waals surface area contributed by atoms with Crippen LogP contribution >= 0.6 is 0 Å². The molecule has 0 N–H and O–H groups in total. The molecule has 0 amide bonds. The molecule has 4 atom stereocenters. The average molecular weight is 551 g/mol. The van der Waals surface area contributed by atoms with Crippen molar-refractivity contribution < 1.29 is 0 Å². The van der Waals surface area contributed by atoms with Crippen LogP contribution in [0.2, 0.25) is 0 Å². The molecule has 2 aromatic rings. The minimum Gasteiger partial charge on any atom is -0.277 e. The van der Waals surface area contributed by atoms with E-state index in [-0.39, 0.29) is 22.2 Å². The number of fused-ring (bicyclic) bond motifs is 10. The van der Waals surface area contributed by atoms with Gasteiger partial charge in [-0.1, -0.05) is 0 Å². The van der Waals surface area contributed by atoms with E-state index in [0.29, 0.717) is 0 Å². The first-order valence-corrected chi connectivity index (χ1v) is 16.0. The van der Waals surface area contributed by atoms with Gasteiger partial charge in [0.2, 0.25) is 0 Å². The Balaban J connectivity index is 1.40. The minimum absolute atomic E-state index is 0.0340. The molecule has 0 saturated carbocycles. The van der Waals surface area contributed by atoms with Crippen molar-refractivity contribution >= 4 is 0 Å². The van der Waals surface area contributed by atoms with Crippen molar-refractivity contribution in [1.29, 1.82) is 0 Å². The lowest BCUT2D eigenvalue weighted by Crippen LogP contribution is -2.48. The summed E-state index contributed by atoms with van der Waals surface area (Å²) in [5.74, 6) is 0. The van der Waals surface area contributed by atoms with Gasteiger partial charge in [-0.25, -0.2) is 0 Å². The van der Waals surface area contributed by atoms with Gasteiger partial charge in [-0.15, -0.1) is 0 Å². The maximum Gasteiger partial charge on any atom is 0.0663 e. The van der Waals surface area contributed by atoms with E-state index < -0.39 is 0 Å². The first kappa shape index (κ1) is 28.9. The third-order valence-electron chi connectivity index (χ3n) is 14.3. The Kier molecular flexibility index (Phi) is 5.83. The summed E-state index contributed by atoms with van der Waals surface area (Å²) in [6.07, 6.45) is 1.16. The Morgan fingerprint density at radius 1 is 0.341 bits per heavy atom. The van der Waals surface area contributed by atoms with Crippen LogP contribution in [0.15, 0.2) is 22.3 Å². The molecule has 6 rings (SSSR count). The predicted molar refractivity (Wildman–Crippen MR) is 175 cm³/mol. The SMILES string of the molecule is CC1=C(C)[C@@]2(C)c3c(C)c(C)c(C)c(C)c3[C@@]1(C)N2CCCN1[C@@]2(C)C(C)=C(C)[C@@]1(C)c1c(C)c(C)c(C)c(C)c12. The van der Waals surface area contributed by atoms with Crippen LogP contribution in [0.4, 0.5) is 0 Å². The second-order valence-electron chi connectivity index (χ2n) is 14.9. The quantitative estimate of drug-likeness (QED) is 0.350. The normalized spacial score (nSPS) is 32.2. The third kappa shape index (κ3) is 2.80. The first-order chi connectivity index (χ1) is 18.9. The second kappa shape index (κ2) is 8.26. The molecule has 0 aliphatic carbocycles. The van der Waals surface area contributed by atoms with Crippen LogP contribution in [0.1, 0.15) is 129 Å². The maximum atomic E-state index is 2.89. The zero-order valence-corrected chi connectivity index (χ0v) is 29.0. The minimum atomic E-state index is -0.0340. The summed E-state index contributed by atoms with van der Waals surface area (Å²) in [5.41, 5.74) is 24.5. The van der Waals surface area contributed by atoms with Gasteiger partial charge in [0.15, 0.2) is 0 Å². The Hall–Kier alpha value is -2.16. The van der Waals surface area contributed by atoms with Crippen molar-refractivity contribution in [2.24, 2.45) is 0 Å². The van der Waals surface area contributed by atoms with Gasteiger partial charge in [0, 0.05) is 13.1 Å². The van der Waals surface area contributed by atoms with Crippen molar-refractivity contribution in [2.45, 2.75) is 139 Å². The molecule has 4 heterocycles. The first-order valence-electron chi connectivity index (χ1n) is 16.0. The molecule has 220 valence electrons. The van der Waals surface area contributed by atoms with E-state index in [1.54, 1.807) is 44.5 Å². The lowest BCUT2D eigenvalue weighted by molar-refractivity contribution is 0.0569. The Bertz CT molecular complexity index is 1410. The van der Waals surface area contributed by atoms with E-state index in [1.165, 1.54) is 44.5 Å². The highest BCUT2D eigenvalue weighted by atomic mass is 15.3. The fourth-order valence-corrected chi connectivity index (χ4v) is 10.8. The molecule has 0 unspecified atom stereocenters. The molecule has 41 heavy (non-hydrogen) atoms. The van der Waals surface area contributed by atoms with E-state index in [0.717, 1.165) is 19.5 Å². The van der Waals surface area contributed by atoms with Crippen molar-refractivity contribution in [2.75, 3.05) is 13.1 Å². The molecule has 4 bridgehead atoms. The van der Waals surface area contributed by atoms with Crippen LogP contribution in [0.25, 0.3) is 0 Å². The van der Waals surface area contributed by atoms with E-state index in [9.17, 15) is 0 Å². The number of rotatable bonds is 4. The third-order valence-corrected chi connectivity index (χ3v) is 14.3. The van der Waals surface area contributed by atoms with Crippen LogP contribution in [0.5, 0.6) is 0 Å². The molecule has 2 nitrogen and oxygen atoms in total. The van der Waals surface area contributed by atoms with Gasteiger partial charge >= 0.3 is 0 Å². The Labute approximate surface area is 250 Å². The molecule has 4 aliphatic heterocycles. The van der Waals surface area contributed by atoms with Crippen LogP contribution in [-0.2, 0) is 22.2 Å². The van der Waals surface area contributed by atoms with Gasteiger partial charge in [0.25, 0.3) is 0 Å². The zero-order chi connectivity index (χ0) is 30.5. The summed E-state index contributed by atoms with van der Waals surface area (Å²) >= 11 is 0. The number of benzene rings is 2. The topological polar surface area (TPSA) is 6.48 Å². The fourth-order valence-electron chi connectivity index (χ4n) is 10.8. The highest BCUT2D eigenvalue weighted by molar-refractivity contribution is 5.69. The molecular formula is C39H54N2. The molecule has 0 radical (unpaired) electrons. The molecule has 2 aromatic carbocycles. The van der Waals surface area contributed by atoms with E-state index in [2.05, 4.69) is 121 Å². The van der Waals surface area contributed by atoms with Gasteiger partial charge in [-0.3, -0.25) is 9.80 Å². The Morgan fingerprint density at radius 3 is 0.732 bits per heavy atom. The number of hydrogen-bond acceptors (Lipinski definition) is 2. The van der Waals surface area contributed by atoms with Crippen molar-refractivity contribution in [3.05, 3.63) is 89.1 Å². The van der Waals surface area contributed by atoms with Gasteiger partial charge in [-0.05, 0) is 206 Å². The summed E-state index contributed by atoms with van der Waals surface area (Å²) in [4.78, 5) is 5.78. The number of hydrogen-bond donors (Lipinski definition) is 0. The van der Waals surface area contributed by atoms with E-state index >= 15 is 0 Å². The standard InChI is InChI=1S/C39H54N2/c1-20-21(2)25(6)33-32(24(20)5)36(13)28(9)29(10)37(33,14)40(36)18-17-19-41-38(15)30(11)31(12)39(41,16)35-27(8)23(4)22(3)26(7)34(35)38/h17-19H2,1-16H3/t36-,37-,38-,39-/m0/s1. The molecule has 0 saturated heterocycles. The monoisotopic (exact) mass is 550 g/mol. The highest BCUT2D eigenvalue weighted by Crippen LogP contribution is 2.66. The van der Waals surface area contributed by atoms with Gasteiger partial charge in [0.05, 0.1) is 22.2 Å². The zero-order valence-electron chi connectivity index (χ0n) is 29.0. The van der Waals surface area contributed by atoms with Gasteiger partial charge < -0.3 is 0 Å². The van der Waals surface area contributed by atoms with Crippen molar-refractivity contribution in [3.63, 3.8) is 0 Å². The lowest BCUT2D eigenvalue weighted by atomic mass is 9.70. The van der Waals surface area contributed by atoms with E-state index in [1.807, 2.05) is 0 Å². The largest absolute Gasteiger partial charge is 0.277 e. The predicted octanol–water partition coefficient (Wildman–Crippen LogP) is 9.44. The summed E-state index contributed by atoms with van der Waals surface area (Å²) in [5, 5.41) is 0. The van der Waals surface area contributed by atoms with Crippen LogP contribution in [0.3, 0.4) is 0 Å².